The number of rotatable bonds is 6. The van der Waals surface area contributed by atoms with Crippen molar-refractivity contribution in [2.75, 3.05) is 26.3 Å². The van der Waals surface area contributed by atoms with Gasteiger partial charge in [-0.05, 0) is 18.1 Å². The molecule has 1 aromatic rings. The van der Waals surface area contributed by atoms with Gasteiger partial charge in [-0.2, -0.15) is 0 Å². The first-order valence-electron chi connectivity index (χ1n) is 7.12. The quantitative estimate of drug-likeness (QED) is 0.832. The Morgan fingerprint density at radius 3 is 2.76 bits per heavy atom. The summed E-state index contributed by atoms with van der Waals surface area (Å²) >= 11 is 0. The van der Waals surface area contributed by atoms with Crippen LogP contribution in [-0.2, 0) is 16.1 Å². The summed E-state index contributed by atoms with van der Waals surface area (Å²) < 4.78 is 19.4. The molecule has 116 valence electrons. The summed E-state index contributed by atoms with van der Waals surface area (Å²) in [6.07, 6.45) is 0.288. The normalized spacial score (nSPS) is 17.6. The summed E-state index contributed by atoms with van der Waals surface area (Å²) in [6, 6.07) is 4.49. The summed E-state index contributed by atoms with van der Waals surface area (Å²) in [5.41, 5.74) is 7.16. The van der Waals surface area contributed by atoms with Gasteiger partial charge in [-0.3, -0.25) is 9.69 Å². The highest BCUT2D eigenvalue weighted by Gasteiger charge is 2.15. The van der Waals surface area contributed by atoms with Crippen molar-refractivity contribution in [2.45, 2.75) is 25.4 Å². The molecule has 0 aliphatic carbocycles. The van der Waals surface area contributed by atoms with Crippen LogP contribution in [0.4, 0.5) is 4.39 Å². The summed E-state index contributed by atoms with van der Waals surface area (Å²) in [5.74, 6) is -1.18. The number of ether oxygens (including phenoxy) is 1. The standard InChI is InChI=1S/C15H21FN2O3/c16-13-9-11(14(17)3-4-15(19)20)1-2-12(13)10-18-5-7-21-8-6-18/h1-2,9,14H,3-8,10,17H2,(H,19,20). The molecule has 0 aromatic heterocycles. The lowest BCUT2D eigenvalue weighted by molar-refractivity contribution is -0.137. The van der Waals surface area contributed by atoms with E-state index in [0.29, 0.717) is 37.3 Å². The van der Waals surface area contributed by atoms with Gasteiger partial charge in [0, 0.05) is 37.7 Å². The second kappa shape index (κ2) is 7.49. The molecule has 1 fully saturated rings. The van der Waals surface area contributed by atoms with Crippen LogP contribution in [0, 0.1) is 5.82 Å². The topological polar surface area (TPSA) is 75.8 Å². The van der Waals surface area contributed by atoms with E-state index in [-0.39, 0.29) is 12.2 Å². The zero-order chi connectivity index (χ0) is 15.2. The largest absolute Gasteiger partial charge is 0.481 e. The summed E-state index contributed by atoms with van der Waals surface area (Å²) in [5, 5.41) is 8.64. The highest BCUT2D eigenvalue weighted by molar-refractivity contribution is 5.66. The van der Waals surface area contributed by atoms with Crippen molar-refractivity contribution in [3.63, 3.8) is 0 Å². The highest BCUT2D eigenvalue weighted by Crippen LogP contribution is 2.20. The first-order chi connectivity index (χ1) is 10.1. The lowest BCUT2D eigenvalue weighted by Crippen LogP contribution is -2.35. The minimum atomic E-state index is -0.894. The average molecular weight is 296 g/mol. The van der Waals surface area contributed by atoms with Crippen molar-refractivity contribution < 1.29 is 19.0 Å². The predicted octanol–water partition coefficient (Wildman–Crippen LogP) is 1.52. The van der Waals surface area contributed by atoms with Crippen LogP contribution < -0.4 is 5.73 Å². The number of halogens is 1. The van der Waals surface area contributed by atoms with Crippen molar-refractivity contribution in [1.29, 1.82) is 0 Å². The SMILES string of the molecule is NC(CCC(=O)O)c1ccc(CN2CCOCC2)c(F)c1. The number of morpholine rings is 1. The van der Waals surface area contributed by atoms with E-state index < -0.39 is 12.0 Å². The number of aliphatic carboxylic acids is 1. The second-order valence-corrected chi connectivity index (χ2v) is 5.28. The maximum atomic E-state index is 14.1. The van der Waals surface area contributed by atoms with Crippen LogP contribution in [0.3, 0.4) is 0 Å². The third kappa shape index (κ3) is 4.77. The molecular weight excluding hydrogens is 275 g/mol. The summed E-state index contributed by atoms with van der Waals surface area (Å²) in [7, 11) is 0. The van der Waals surface area contributed by atoms with E-state index >= 15 is 0 Å². The van der Waals surface area contributed by atoms with Gasteiger partial charge in [-0.15, -0.1) is 0 Å². The van der Waals surface area contributed by atoms with Crippen molar-refractivity contribution in [1.82, 2.24) is 4.90 Å². The lowest BCUT2D eigenvalue weighted by atomic mass is 10.0. The van der Waals surface area contributed by atoms with Gasteiger partial charge in [0.05, 0.1) is 13.2 Å². The number of benzene rings is 1. The first-order valence-corrected chi connectivity index (χ1v) is 7.12. The zero-order valence-corrected chi connectivity index (χ0v) is 11.9. The van der Waals surface area contributed by atoms with Crippen LogP contribution in [0.15, 0.2) is 18.2 Å². The molecule has 0 bridgehead atoms. The van der Waals surface area contributed by atoms with Gasteiger partial charge in [0.1, 0.15) is 5.82 Å². The maximum Gasteiger partial charge on any atom is 0.303 e. The lowest BCUT2D eigenvalue weighted by Gasteiger charge is -2.26. The molecule has 0 spiro atoms. The molecule has 21 heavy (non-hydrogen) atoms. The van der Waals surface area contributed by atoms with Gasteiger partial charge in [0.2, 0.25) is 0 Å². The molecule has 0 saturated carbocycles. The third-order valence-corrected chi connectivity index (χ3v) is 3.67. The summed E-state index contributed by atoms with van der Waals surface area (Å²) in [6.45, 7) is 3.53. The molecule has 2 rings (SSSR count). The molecule has 1 atom stereocenters. The van der Waals surface area contributed by atoms with Crippen LogP contribution in [0.5, 0.6) is 0 Å². The Morgan fingerprint density at radius 1 is 1.43 bits per heavy atom. The van der Waals surface area contributed by atoms with Crippen LogP contribution in [0.2, 0.25) is 0 Å². The Hall–Kier alpha value is -1.50. The highest BCUT2D eigenvalue weighted by atomic mass is 19.1. The predicted molar refractivity (Wildman–Crippen MR) is 76.3 cm³/mol. The van der Waals surface area contributed by atoms with E-state index in [9.17, 15) is 9.18 Å². The van der Waals surface area contributed by atoms with E-state index in [1.807, 2.05) is 0 Å². The molecule has 0 radical (unpaired) electrons. The number of carboxylic acids is 1. The van der Waals surface area contributed by atoms with E-state index in [1.165, 1.54) is 6.07 Å². The molecule has 1 aliphatic rings. The van der Waals surface area contributed by atoms with E-state index in [0.717, 1.165) is 13.1 Å². The van der Waals surface area contributed by atoms with Crippen LogP contribution in [0.1, 0.15) is 30.0 Å². The Morgan fingerprint density at radius 2 is 2.14 bits per heavy atom. The minimum absolute atomic E-state index is 0.0156. The number of nitrogens with two attached hydrogens (primary N) is 1. The fraction of sp³-hybridized carbons (Fsp3) is 0.533. The Kier molecular flexibility index (Phi) is 5.67. The third-order valence-electron chi connectivity index (χ3n) is 3.67. The van der Waals surface area contributed by atoms with E-state index in [4.69, 9.17) is 15.6 Å². The fourth-order valence-corrected chi connectivity index (χ4v) is 2.37. The van der Waals surface area contributed by atoms with Gasteiger partial charge < -0.3 is 15.6 Å². The molecule has 6 heteroatoms. The molecule has 1 saturated heterocycles. The fourth-order valence-electron chi connectivity index (χ4n) is 2.37. The van der Waals surface area contributed by atoms with Gasteiger partial charge >= 0.3 is 5.97 Å². The number of hydrogen-bond donors (Lipinski definition) is 2. The van der Waals surface area contributed by atoms with E-state index in [1.54, 1.807) is 12.1 Å². The molecule has 1 aliphatic heterocycles. The molecule has 1 unspecified atom stereocenters. The molecule has 1 aromatic carbocycles. The van der Waals surface area contributed by atoms with Gasteiger partial charge in [0.25, 0.3) is 0 Å². The number of nitrogens with zero attached hydrogens (tertiary/aromatic N) is 1. The van der Waals surface area contributed by atoms with Gasteiger partial charge in [-0.1, -0.05) is 12.1 Å². The molecule has 0 amide bonds. The van der Waals surface area contributed by atoms with Gasteiger partial charge in [0.15, 0.2) is 0 Å². The molecular formula is C15H21FN2O3. The van der Waals surface area contributed by atoms with Crippen LogP contribution in [-0.4, -0.2) is 42.3 Å². The average Bonchev–Trinajstić information content (AvgIpc) is 2.48. The smallest absolute Gasteiger partial charge is 0.303 e. The monoisotopic (exact) mass is 296 g/mol. The molecule has 3 N–H and O–H groups in total. The van der Waals surface area contributed by atoms with Crippen molar-refractivity contribution in [3.05, 3.63) is 35.1 Å². The maximum absolute atomic E-state index is 14.1. The number of carbonyl (C=O) groups is 1. The van der Waals surface area contributed by atoms with E-state index in [2.05, 4.69) is 4.90 Å². The zero-order valence-electron chi connectivity index (χ0n) is 11.9. The first kappa shape index (κ1) is 15.9. The van der Waals surface area contributed by atoms with Crippen molar-refractivity contribution in [3.8, 4) is 0 Å². The minimum Gasteiger partial charge on any atom is -0.481 e. The number of carboxylic acid groups (broad SMARTS) is 1. The van der Waals surface area contributed by atoms with Crippen LogP contribution >= 0.6 is 0 Å². The second-order valence-electron chi connectivity index (χ2n) is 5.28. The molecule has 5 nitrogen and oxygen atoms in total. The summed E-state index contributed by atoms with van der Waals surface area (Å²) in [4.78, 5) is 12.7. The Balaban J connectivity index is 1.97. The Labute approximate surface area is 123 Å². The Bertz CT molecular complexity index is 490. The van der Waals surface area contributed by atoms with Crippen LogP contribution in [0.25, 0.3) is 0 Å². The van der Waals surface area contributed by atoms with Gasteiger partial charge in [-0.25, -0.2) is 4.39 Å². The number of hydrogen-bond acceptors (Lipinski definition) is 4. The molecule has 1 heterocycles. The van der Waals surface area contributed by atoms with Crippen molar-refractivity contribution in [2.24, 2.45) is 5.73 Å². The van der Waals surface area contributed by atoms with Crippen molar-refractivity contribution >= 4 is 5.97 Å².